The molecule has 0 aliphatic carbocycles. The van der Waals surface area contributed by atoms with Gasteiger partial charge in [-0.25, -0.2) is 0 Å². The predicted octanol–water partition coefficient (Wildman–Crippen LogP) is -1.58. The third kappa shape index (κ3) is 3.13. The molecule has 0 aromatic carbocycles. The molecule has 6 atom stereocenters. The van der Waals surface area contributed by atoms with Crippen molar-refractivity contribution in [2.45, 2.75) is 43.0 Å². The van der Waals surface area contributed by atoms with Crippen LogP contribution in [0.1, 0.15) is 24.1 Å². The van der Waals surface area contributed by atoms with Crippen LogP contribution in [0, 0.1) is 4.91 Å². The van der Waals surface area contributed by atoms with Crippen LogP contribution in [0.25, 0.3) is 0 Å². The summed E-state index contributed by atoms with van der Waals surface area (Å²) in [5.74, 6) is 0.139. The highest BCUT2D eigenvalue weighted by Gasteiger charge is 2.48. The van der Waals surface area contributed by atoms with Gasteiger partial charge in [-0.1, -0.05) is 0 Å². The highest BCUT2D eigenvalue weighted by atomic mass is 16.6. The van der Waals surface area contributed by atoms with Gasteiger partial charge < -0.3 is 25.2 Å². The standard InChI is InChI=1S/C15H22N3O6/c19-8-11-12(20)13(21)14(22)15(24-11)17-4-1-2-9(6-17)10-3-5-18(7-10)16-23/h1-2,4,6,10-15,19-22H,3,5,7-8H2/q+1/t10-,11-,12-,13+,14-,15+/m1/s1. The zero-order valence-corrected chi connectivity index (χ0v) is 13.0. The van der Waals surface area contributed by atoms with Crippen molar-refractivity contribution in [3.8, 4) is 0 Å². The number of ether oxygens (including phenoxy) is 1. The van der Waals surface area contributed by atoms with Crippen molar-refractivity contribution < 1.29 is 29.7 Å². The van der Waals surface area contributed by atoms with Crippen LogP contribution >= 0.6 is 0 Å². The number of pyridine rings is 1. The lowest BCUT2D eigenvalue weighted by molar-refractivity contribution is -0.778. The van der Waals surface area contributed by atoms with Crippen molar-refractivity contribution in [3.05, 3.63) is 35.0 Å². The molecule has 0 unspecified atom stereocenters. The Morgan fingerprint density at radius 1 is 1.29 bits per heavy atom. The van der Waals surface area contributed by atoms with Gasteiger partial charge in [0.2, 0.25) is 0 Å². The normalized spacial score (nSPS) is 36.8. The third-order valence-electron chi connectivity index (χ3n) is 4.76. The van der Waals surface area contributed by atoms with Gasteiger partial charge in [0.25, 0.3) is 6.23 Å². The monoisotopic (exact) mass is 340 g/mol. The average Bonchev–Trinajstić information content (AvgIpc) is 3.09. The van der Waals surface area contributed by atoms with Crippen molar-refractivity contribution in [2.75, 3.05) is 19.7 Å². The molecule has 4 N–H and O–H groups in total. The molecule has 9 heteroatoms. The third-order valence-corrected chi connectivity index (χ3v) is 4.76. The highest BCUT2D eigenvalue weighted by molar-refractivity contribution is 5.14. The van der Waals surface area contributed by atoms with Gasteiger partial charge >= 0.3 is 0 Å². The van der Waals surface area contributed by atoms with E-state index in [4.69, 9.17) is 4.74 Å². The summed E-state index contributed by atoms with van der Waals surface area (Å²) in [7, 11) is 0. The summed E-state index contributed by atoms with van der Waals surface area (Å²) in [6.07, 6.45) is -1.75. The van der Waals surface area contributed by atoms with E-state index in [-0.39, 0.29) is 5.92 Å². The summed E-state index contributed by atoms with van der Waals surface area (Å²) in [4.78, 5) is 10.6. The molecule has 132 valence electrons. The second kappa shape index (κ2) is 7.08. The molecule has 3 heterocycles. The first-order valence-electron chi connectivity index (χ1n) is 7.94. The summed E-state index contributed by atoms with van der Waals surface area (Å²) in [5.41, 5.74) is 0.959. The van der Waals surface area contributed by atoms with Gasteiger partial charge in [-0.05, 0) is 12.5 Å². The molecule has 1 aromatic rings. The fraction of sp³-hybridized carbons (Fsp3) is 0.667. The van der Waals surface area contributed by atoms with Gasteiger partial charge in [0.1, 0.15) is 18.3 Å². The molecule has 0 radical (unpaired) electrons. The Morgan fingerprint density at radius 3 is 2.75 bits per heavy atom. The predicted molar refractivity (Wildman–Crippen MR) is 80.4 cm³/mol. The minimum absolute atomic E-state index is 0.139. The fourth-order valence-corrected chi connectivity index (χ4v) is 3.33. The van der Waals surface area contributed by atoms with E-state index in [1.807, 2.05) is 6.07 Å². The van der Waals surface area contributed by atoms with Crippen LogP contribution in [0.3, 0.4) is 0 Å². The first-order chi connectivity index (χ1) is 11.5. The van der Waals surface area contributed by atoms with Crippen molar-refractivity contribution in [2.24, 2.45) is 5.29 Å². The molecule has 0 spiro atoms. The fourth-order valence-electron chi connectivity index (χ4n) is 3.33. The Labute approximate surface area is 138 Å². The van der Waals surface area contributed by atoms with Gasteiger partial charge in [-0.15, -0.1) is 4.91 Å². The van der Waals surface area contributed by atoms with Gasteiger partial charge in [0, 0.05) is 30.6 Å². The van der Waals surface area contributed by atoms with Crippen LogP contribution < -0.4 is 4.57 Å². The van der Waals surface area contributed by atoms with E-state index in [1.165, 1.54) is 5.01 Å². The van der Waals surface area contributed by atoms with E-state index in [0.29, 0.717) is 13.1 Å². The maximum absolute atomic E-state index is 10.6. The summed E-state index contributed by atoms with van der Waals surface area (Å²) >= 11 is 0. The topological polar surface area (TPSA) is 127 Å². The zero-order valence-electron chi connectivity index (χ0n) is 13.0. The van der Waals surface area contributed by atoms with Gasteiger partial charge in [-0.3, -0.25) is 5.01 Å². The Hall–Kier alpha value is -1.65. The van der Waals surface area contributed by atoms with Crippen LogP contribution in [0.4, 0.5) is 0 Å². The quantitative estimate of drug-likeness (QED) is 0.385. The highest BCUT2D eigenvalue weighted by Crippen LogP contribution is 2.28. The van der Waals surface area contributed by atoms with Crippen molar-refractivity contribution in [1.82, 2.24) is 5.01 Å². The number of aliphatic hydroxyl groups is 4. The minimum Gasteiger partial charge on any atom is -0.394 e. The van der Waals surface area contributed by atoms with Crippen molar-refractivity contribution in [3.63, 3.8) is 0 Å². The molecule has 2 saturated heterocycles. The summed E-state index contributed by atoms with van der Waals surface area (Å²) in [5, 5.41) is 43.7. The molecule has 0 bridgehead atoms. The Kier molecular flexibility index (Phi) is 5.07. The number of hydrogen-bond acceptors (Lipinski definition) is 7. The first-order valence-corrected chi connectivity index (χ1v) is 7.94. The van der Waals surface area contributed by atoms with Crippen LogP contribution in [0.15, 0.2) is 29.8 Å². The number of aliphatic hydroxyl groups excluding tert-OH is 4. The summed E-state index contributed by atoms with van der Waals surface area (Å²) in [6, 6.07) is 3.70. The maximum Gasteiger partial charge on any atom is 0.292 e. The second-order valence-electron chi connectivity index (χ2n) is 6.28. The average molecular weight is 340 g/mol. The lowest BCUT2D eigenvalue weighted by atomic mass is 9.97. The number of rotatable bonds is 4. The van der Waals surface area contributed by atoms with Crippen molar-refractivity contribution in [1.29, 1.82) is 0 Å². The van der Waals surface area contributed by atoms with E-state index in [2.05, 4.69) is 5.29 Å². The number of nitroso groups, excluding NO2 is 1. The molecule has 3 rings (SSSR count). The zero-order chi connectivity index (χ0) is 17.3. The summed E-state index contributed by atoms with van der Waals surface area (Å²) in [6.45, 7) is 0.662. The molecule has 0 amide bonds. The minimum atomic E-state index is -1.42. The maximum atomic E-state index is 10.6. The van der Waals surface area contributed by atoms with Crippen LogP contribution in [0.2, 0.25) is 0 Å². The van der Waals surface area contributed by atoms with Crippen LogP contribution in [-0.4, -0.2) is 69.5 Å². The van der Waals surface area contributed by atoms with Crippen LogP contribution in [0.5, 0.6) is 0 Å². The molecular weight excluding hydrogens is 318 g/mol. The number of aromatic nitrogens is 1. The van der Waals surface area contributed by atoms with E-state index >= 15 is 0 Å². The number of nitrogens with zero attached hydrogens (tertiary/aromatic N) is 3. The molecule has 24 heavy (non-hydrogen) atoms. The smallest absolute Gasteiger partial charge is 0.292 e. The Bertz CT molecular complexity index is 586. The lowest BCUT2D eigenvalue weighted by Gasteiger charge is -2.36. The SMILES string of the molecule is O=NN1CC[C@@H](c2ccc[n+]([C@H]3O[C@H](CO)[C@@H](O)[C@H](O)[C@H]3O)c2)C1. The second-order valence-corrected chi connectivity index (χ2v) is 6.28. The molecule has 2 aliphatic heterocycles. The first kappa shape index (κ1) is 17.2. The van der Waals surface area contributed by atoms with E-state index in [1.54, 1.807) is 23.0 Å². The Balaban J connectivity index is 1.81. The number of hydrogen-bond donors (Lipinski definition) is 4. The van der Waals surface area contributed by atoms with Gasteiger partial charge in [0.15, 0.2) is 18.5 Å². The van der Waals surface area contributed by atoms with Gasteiger partial charge in [0.05, 0.1) is 11.9 Å². The van der Waals surface area contributed by atoms with Gasteiger partial charge in [-0.2, -0.15) is 4.57 Å². The largest absolute Gasteiger partial charge is 0.394 e. The Morgan fingerprint density at radius 2 is 2.08 bits per heavy atom. The molecule has 9 nitrogen and oxygen atoms in total. The molecule has 1 aromatic heterocycles. The molecule has 2 fully saturated rings. The lowest BCUT2D eigenvalue weighted by Crippen LogP contribution is -2.62. The van der Waals surface area contributed by atoms with Crippen LogP contribution in [-0.2, 0) is 4.74 Å². The van der Waals surface area contributed by atoms with E-state index in [9.17, 15) is 25.3 Å². The van der Waals surface area contributed by atoms with E-state index < -0.39 is 37.3 Å². The molecule has 2 aliphatic rings. The van der Waals surface area contributed by atoms with Crippen molar-refractivity contribution >= 4 is 0 Å². The van der Waals surface area contributed by atoms with E-state index in [0.717, 1.165) is 12.0 Å². The molecular formula is C15H22N3O6+. The molecule has 0 saturated carbocycles. The summed E-state index contributed by atoms with van der Waals surface area (Å²) < 4.78 is 7.16.